The second-order valence-corrected chi connectivity index (χ2v) is 4.84. The molecule has 0 saturated carbocycles. The molecule has 0 aromatic rings. The molecule has 0 N–H and O–H groups in total. The zero-order valence-corrected chi connectivity index (χ0v) is 10.3. The van der Waals surface area contributed by atoms with Gasteiger partial charge < -0.3 is 9.64 Å². The van der Waals surface area contributed by atoms with Gasteiger partial charge >= 0.3 is 0 Å². The quantitative estimate of drug-likeness (QED) is 0.672. The van der Waals surface area contributed by atoms with Crippen LogP contribution in [0.1, 0.15) is 19.8 Å². The molecular weight excluding hydrogens is 198 g/mol. The lowest BCUT2D eigenvalue weighted by Gasteiger charge is -2.36. The molecule has 0 atom stereocenters. The van der Waals surface area contributed by atoms with Gasteiger partial charge in [-0.25, -0.2) is 0 Å². The molecule has 0 bridgehead atoms. The lowest BCUT2D eigenvalue weighted by atomic mass is 9.73. The molecular formula is C14H21NO. The van der Waals surface area contributed by atoms with Crippen LogP contribution in [0.15, 0.2) is 36.1 Å². The van der Waals surface area contributed by atoms with E-state index in [2.05, 4.69) is 30.7 Å². The van der Waals surface area contributed by atoms with Gasteiger partial charge in [0.05, 0.1) is 6.61 Å². The maximum absolute atomic E-state index is 5.82. The number of rotatable bonds is 1. The molecule has 0 unspecified atom stereocenters. The summed E-state index contributed by atoms with van der Waals surface area (Å²) in [5, 5.41) is 0. The van der Waals surface area contributed by atoms with Crippen LogP contribution in [0.2, 0.25) is 0 Å². The van der Waals surface area contributed by atoms with Gasteiger partial charge in [-0.15, -0.1) is 0 Å². The van der Waals surface area contributed by atoms with Crippen molar-refractivity contribution in [2.45, 2.75) is 19.8 Å². The van der Waals surface area contributed by atoms with Gasteiger partial charge in [0.2, 0.25) is 0 Å². The van der Waals surface area contributed by atoms with Crippen molar-refractivity contribution in [3.63, 3.8) is 0 Å². The minimum Gasteiger partial charge on any atom is -0.493 e. The highest BCUT2D eigenvalue weighted by molar-refractivity contribution is 5.39. The lowest BCUT2D eigenvalue weighted by Crippen LogP contribution is -2.39. The molecule has 2 saturated heterocycles. The third kappa shape index (κ3) is 1.82. The van der Waals surface area contributed by atoms with Crippen LogP contribution in [0.4, 0.5) is 0 Å². The molecule has 0 aliphatic carbocycles. The largest absolute Gasteiger partial charge is 0.493 e. The van der Waals surface area contributed by atoms with Gasteiger partial charge in [-0.1, -0.05) is 18.7 Å². The van der Waals surface area contributed by atoms with E-state index in [1.165, 1.54) is 18.4 Å². The predicted octanol–water partition coefficient (Wildman–Crippen LogP) is 2.74. The normalized spacial score (nSPS) is 29.9. The van der Waals surface area contributed by atoms with E-state index in [1.807, 2.05) is 13.0 Å². The van der Waals surface area contributed by atoms with Crippen molar-refractivity contribution in [3.05, 3.63) is 36.1 Å². The van der Waals surface area contributed by atoms with E-state index in [0.29, 0.717) is 0 Å². The number of likely N-dealkylation sites (tertiary alicyclic amines) is 1. The van der Waals surface area contributed by atoms with Crippen molar-refractivity contribution in [2.75, 3.05) is 26.7 Å². The number of hydrogen-bond acceptors (Lipinski definition) is 2. The predicted molar refractivity (Wildman–Crippen MR) is 67.2 cm³/mol. The van der Waals surface area contributed by atoms with E-state index >= 15 is 0 Å². The minimum atomic E-state index is 0.253. The molecule has 16 heavy (non-hydrogen) atoms. The Hall–Kier alpha value is -1.02. The summed E-state index contributed by atoms with van der Waals surface area (Å²) >= 11 is 0. The first-order valence-electron chi connectivity index (χ1n) is 6.03. The summed E-state index contributed by atoms with van der Waals surface area (Å²) in [5.41, 5.74) is 1.61. The topological polar surface area (TPSA) is 12.5 Å². The molecule has 2 nitrogen and oxygen atoms in total. The Morgan fingerprint density at radius 3 is 2.62 bits per heavy atom. The van der Waals surface area contributed by atoms with Gasteiger partial charge in [-0.2, -0.15) is 0 Å². The summed E-state index contributed by atoms with van der Waals surface area (Å²) in [7, 11) is 2.19. The molecule has 0 aromatic carbocycles. The highest BCUT2D eigenvalue weighted by Gasteiger charge is 2.44. The Morgan fingerprint density at radius 2 is 2.06 bits per heavy atom. The van der Waals surface area contributed by atoms with Gasteiger partial charge in [-0.05, 0) is 46.0 Å². The standard InChI is InChI=1S/C14H21NO/c1-4-6-12-13(5-2)16-11-14(12)7-9-15(3)10-8-14/h4-6H,1,7-11H2,2-3H3/b12-6+,13-5+. The fraction of sp³-hybridized carbons (Fsp3) is 0.571. The third-order valence-electron chi connectivity index (χ3n) is 3.83. The number of hydrogen-bond donors (Lipinski definition) is 0. The van der Waals surface area contributed by atoms with E-state index in [4.69, 9.17) is 4.74 Å². The van der Waals surface area contributed by atoms with Crippen LogP contribution in [-0.2, 0) is 4.74 Å². The van der Waals surface area contributed by atoms with E-state index in [9.17, 15) is 0 Å². The lowest BCUT2D eigenvalue weighted by molar-refractivity contribution is 0.112. The Bertz CT molecular complexity index is 333. The summed E-state index contributed by atoms with van der Waals surface area (Å²) in [6, 6.07) is 0. The molecule has 88 valence electrons. The third-order valence-corrected chi connectivity index (χ3v) is 3.83. The SMILES string of the molecule is C=C/C=C1\C(=C/C)OCC12CCN(C)CC2. The molecule has 2 rings (SSSR count). The summed E-state index contributed by atoms with van der Waals surface area (Å²) in [4.78, 5) is 2.39. The molecule has 1 spiro atoms. The van der Waals surface area contributed by atoms with Crippen molar-refractivity contribution in [1.82, 2.24) is 4.90 Å². The van der Waals surface area contributed by atoms with Crippen LogP contribution in [0.25, 0.3) is 0 Å². The molecule has 0 radical (unpaired) electrons. The first-order valence-corrected chi connectivity index (χ1v) is 6.03. The van der Waals surface area contributed by atoms with Gasteiger partial charge in [0.25, 0.3) is 0 Å². The summed E-state index contributed by atoms with van der Waals surface area (Å²) < 4.78 is 5.82. The molecule has 0 aromatic heterocycles. The first-order chi connectivity index (χ1) is 7.72. The molecule has 2 aliphatic heterocycles. The number of ether oxygens (including phenoxy) is 1. The zero-order chi connectivity index (χ0) is 11.6. The number of nitrogens with zero attached hydrogens (tertiary/aromatic N) is 1. The molecule has 2 aliphatic rings. The van der Waals surface area contributed by atoms with Gasteiger partial charge in [-0.3, -0.25) is 0 Å². The maximum Gasteiger partial charge on any atom is 0.118 e. The monoisotopic (exact) mass is 219 g/mol. The average molecular weight is 219 g/mol. The summed E-state index contributed by atoms with van der Waals surface area (Å²) in [6.45, 7) is 9.03. The van der Waals surface area contributed by atoms with E-state index in [0.717, 1.165) is 25.5 Å². The number of allylic oxidation sites excluding steroid dienone is 4. The van der Waals surface area contributed by atoms with Crippen LogP contribution < -0.4 is 0 Å². The van der Waals surface area contributed by atoms with Gasteiger partial charge in [0.1, 0.15) is 5.76 Å². The highest BCUT2D eigenvalue weighted by Crippen LogP contribution is 2.47. The Labute approximate surface area is 98.3 Å². The van der Waals surface area contributed by atoms with Crippen LogP contribution in [0, 0.1) is 5.41 Å². The zero-order valence-electron chi connectivity index (χ0n) is 10.3. The van der Waals surface area contributed by atoms with Crippen LogP contribution in [0.3, 0.4) is 0 Å². The van der Waals surface area contributed by atoms with Crippen molar-refractivity contribution in [2.24, 2.45) is 5.41 Å². The van der Waals surface area contributed by atoms with Gasteiger partial charge in [0.15, 0.2) is 0 Å². The number of piperidine rings is 1. The second kappa shape index (κ2) is 4.46. The molecule has 2 heterocycles. The molecule has 2 heteroatoms. The maximum atomic E-state index is 5.82. The molecule has 0 amide bonds. The van der Waals surface area contributed by atoms with Crippen molar-refractivity contribution in [3.8, 4) is 0 Å². The minimum absolute atomic E-state index is 0.253. The van der Waals surface area contributed by atoms with Crippen LogP contribution in [0.5, 0.6) is 0 Å². The summed E-state index contributed by atoms with van der Waals surface area (Å²) in [6.07, 6.45) is 8.48. The second-order valence-electron chi connectivity index (χ2n) is 4.84. The van der Waals surface area contributed by atoms with Crippen molar-refractivity contribution in [1.29, 1.82) is 0 Å². The van der Waals surface area contributed by atoms with Crippen molar-refractivity contribution < 1.29 is 4.74 Å². The smallest absolute Gasteiger partial charge is 0.118 e. The van der Waals surface area contributed by atoms with E-state index in [-0.39, 0.29) is 5.41 Å². The van der Waals surface area contributed by atoms with Crippen LogP contribution >= 0.6 is 0 Å². The average Bonchev–Trinajstić information content (AvgIpc) is 2.63. The van der Waals surface area contributed by atoms with Gasteiger partial charge in [0, 0.05) is 11.0 Å². The van der Waals surface area contributed by atoms with Crippen LogP contribution in [-0.4, -0.2) is 31.6 Å². The van der Waals surface area contributed by atoms with E-state index < -0.39 is 0 Å². The Morgan fingerprint density at radius 1 is 1.38 bits per heavy atom. The van der Waals surface area contributed by atoms with Crippen molar-refractivity contribution >= 4 is 0 Å². The Kier molecular flexibility index (Phi) is 3.20. The Balaban J connectivity index is 2.27. The fourth-order valence-electron chi connectivity index (χ4n) is 2.71. The van der Waals surface area contributed by atoms with E-state index in [1.54, 1.807) is 0 Å². The summed E-state index contributed by atoms with van der Waals surface area (Å²) in [5.74, 6) is 1.06. The highest BCUT2D eigenvalue weighted by atomic mass is 16.5. The fourth-order valence-corrected chi connectivity index (χ4v) is 2.71. The first kappa shape index (κ1) is 11.5. The molecule has 2 fully saturated rings.